The van der Waals surface area contributed by atoms with E-state index in [4.69, 9.17) is 0 Å². The number of piperidine rings is 1. The number of aromatic nitrogens is 1. The number of halogens is 3. The fraction of sp³-hybridized carbons (Fsp3) is 0.300. The minimum Gasteiger partial charge on any atom is -0.406 e. The van der Waals surface area contributed by atoms with Crippen LogP contribution in [0.15, 0.2) is 59.6 Å². The van der Waals surface area contributed by atoms with E-state index in [-0.39, 0.29) is 10.8 Å². The highest BCUT2D eigenvalue weighted by atomic mass is 32.2. The van der Waals surface area contributed by atoms with Gasteiger partial charge < -0.3 is 10.1 Å². The molecule has 0 bridgehead atoms. The number of nitrogens with zero attached hydrogens (tertiary/aromatic N) is 1. The van der Waals surface area contributed by atoms with Crippen molar-refractivity contribution in [2.24, 2.45) is 0 Å². The van der Waals surface area contributed by atoms with Crippen LogP contribution in [0.25, 0.3) is 10.9 Å². The zero-order valence-corrected chi connectivity index (χ0v) is 16.1. The minimum atomic E-state index is -4.83. The lowest BCUT2D eigenvalue weighted by Gasteiger charge is -2.22. The normalized spacial score (nSPS) is 18.1. The minimum absolute atomic E-state index is 0.110. The predicted molar refractivity (Wildman–Crippen MR) is 102 cm³/mol. The van der Waals surface area contributed by atoms with E-state index in [0.717, 1.165) is 61.1 Å². The van der Waals surface area contributed by atoms with Crippen molar-refractivity contribution in [1.29, 1.82) is 0 Å². The molecule has 5 nitrogen and oxygen atoms in total. The summed E-state index contributed by atoms with van der Waals surface area (Å²) in [6.45, 7) is 1.72. The SMILES string of the molecule is O=S(=O)(c1ccc(OC(F)(F)F)cc1)n1cc(C2CCCNC2)c2ccccc21. The van der Waals surface area contributed by atoms with E-state index < -0.39 is 22.1 Å². The Morgan fingerprint density at radius 1 is 1.07 bits per heavy atom. The zero-order valence-electron chi connectivity index (χ0n) is 15.3. The molecule has 3 aromatic rings. The number of alkyl halides is 3. The fourth-order valence-corrected chi connectivity index (χ4v) is 5.12. The van der Waals surface area contributed by atoms with Gasteiger partial charge in [0.25, 0.3) is 10.0 Å². The molecule has 9 heteroatoms. The van der Waals surface area contributed by atoms with Crippen LogP contribution in [0, 0.1) is 0 Å². The number of ether oxygens (including phenoxy) is 1. The maximum Gasteiger partial charge on any atom is 0.573 e. The summed E-state index contributed by atoms with van der Waals surface area (Å²) >= 11 is 0. The summed E-state index contributed by atoms with van der Waals surface area (Å²) in [5, 5.41) is 4.20. The lowest BCUT2D eigenvalue weighted by atomic mass is 9.91. The molecule has 1 aliphatic rings. The third-order valence-electron chi connectivity index (χ3n) is 5.06. The second kappa shape index (κ2) is 7.38. The topological polar surface area (TPSA) is 60.3 Å². The smallest absolute Gasteiger partial charge is 0.406 e. The molecule has 29 heavy (non-hydrogen) atoms. The number of rotatable bonds is 4. The Labute approximate surface area is 166 Å². The number of nitrogens with one attached hydrogen (secondary N) is 1. The highest BCUT2D eigenvalue weighted by molar-refractivity contribution is 7.90. The van der Waals surface area contributed by atoms with Gasteiger partial charge in [-0.05, 0) is 61.2 Å². The van der Waals surface area contributed by atoms with Gasteiger partial charge in [-0.15, -0.1) is 13.2 Å². The molecule has 4 rings (SSSR count). The predicted octanol–water partition coefficient (Wildman–Crippen LogP) is 4.24. The van der Waals surface area contributed by atoms with Gasteiger partial charge in [0.15, 0.2) is 0 Å². The van der Waals surface area contributed by atoms with E-state index in [2.05, 4.69) is 10.1 Å². The molecule has 1 aliphatic heterocycles. The van der Waals surface area contributed by atoms with Crippen LogP contribution in [0.1, 0.15) is 24.3 Å². The third kappa shape index (κ3) is 3.97. The van der Waals surface area contributed by atoms with E-state index in [9.17, 15) is 21.6 Å². The quantitative estimate of drug-likeness (QED) is 0.681. The first kappa shape index (κ1) is 19.8. The largest absolute Gasteiger partial charge is 0.573 e. The van der Waals surface area contributed by atoms with Gasteiger partial charge in [0.05, 0.1) is 10.4 Å². The van der Waals surface area contributed by atoms with Gasteiger partial charge in [0.2, 0.25) is 0 Å². The molecular weight excluding hydrogens is 405 g/mol. The van der Waals surface area contributed by atoms with Crippen molar-refractivity contribution in [3.05, 3.63) is 60.3 Å². The Morgan fingerprint density at radius 2 is 1.79 bits per heavy atom. The van der Waals surface area contributed by atoms with Crippen LogP contribution < -0.4 is 10.1 Å². The van der Waals surface area contributed by atoms with Gasteiger partial charge in [-0.3, -0.25) is 0 Å². The van der Waals surface area contributed by atoms with Crippen LogP contribution in [-0.4, -0.2) is 31.8 Å². The monoisotopic (exact) mass is 424 g/mol. The van der Waals surface area contributed by atoms with Crippen molar-refractivity contribution >= 4 is 20.9 Å². The van der Waals surface area contributed by atoms with E-state index in [0.29, 0.717) is 5.52 Å². The van der Waals surface area contributed by atoms with E-state index in [1.54, 1.807) is 18.3 Å². The lowest BCUT2D eigenvalue weighted by Crippen LogP contribution is -2.28. The second-order valence-electron chi connectivity index (χ2n) is 6.96. The molecule has 2 aromatic carbocycles. The lowest BCUT2D eigenvalue weighted by molar-refractivity contribution is -0.274. The zero-order chi connectivity index (χ0) is 20.6. The maximum atomic E-state index is 13.2. The van der Waals surface area contributed by atoms with Crippen molar-refractivity contribution < 1.29 is 26.3 Å². The highest BCUT2D eigenvalue weighted by Crippen LogP contribution is 2.34. The van der Waals surface area contributed by atoms with Crippen LogP contribution in [-0.2, 0) is 10.0 Å². The number of hydrogen-bond acceptors (Lipinski definition) is 4. The molecule has 1 fully saturated rings. The summed E-state index contributed by atoms with van der Waals surface area (Å²) in [6.07, 6.45) is -1.22. The molecule has 154 valence electrons. The Morgan fingerprint density at radius 3 is 2.45 bits per heavy atom. The fourth-order valence-electron chi connectivity index (χ4n) is 3.74. The summed E-state index contributed by atoms with van der Waals surface area (Å²) < 4.78 is 68.5. The summed E-state index contributed by atoms with van der Waals surface area (Å²) in [5.74, 6) is -0.268. The highest BCUT2D eigenvalue weighted by Gasteiger charge is 2.31. The van der Waals surface area contributed by atoms with Crippen molar-refractivity contribution in [3.8, 4) is 5.75 Å². The molecule has 0 saturated carbocycles. The van der Waals surface area contributed by atoms with Gasteiger partial charge in [0, 0.05) is 18.1 Å². The summed E-state index contributed by atoms with van der Waals surface area (Å²) in [5.41, 5.74) is 1.50. The first-order chi connectivity index (χ1) is 13.8. The van der Waals surface area contributed by atoms with E-state index >= 15 is 0 Å². The average molecular weight is 424 g/mol. The van der Waals surface area contributed by atoms with Crippen LogP contribution in [0.5, 0.6) is 5.75 Å². The summed E-state index contributed by atoms with van der Waals surface area (Å²) in [6, 6.07) is 11.5. The first-order valence-corrected chi connectivity index (χ1v) is 10.6. The molecule has 1 saturated heterocycles. The van der Waals surface area contributed by atoms with Crippen molar-refractivity contribution in [1.82, 2.24) is 9.29 Å². The average Bonchev–Trinajstić information content (AvgIpc) is 3.08. The Kier molecular flexibility index (Phi) is 5.04. The van der Waals surface area contributed by atoms with Crippen LogP contribution in [0.3, 0.4) is 0 Å². The standard InChI is InChI=1S/C20H19F3N2O3S/c21-20(22,23)28-15-7-9-16(10-8-15)29(26,27)25-13-18(14-4-3-11-24-12-14)17-5-1-2-6-19(17)25/h1-2,5-10,13-14,24H,3-4,11-12H2. The number of hydrogen-bond donors (Lipinski definition) is 1. The van der Waals surface area contributed by atoms with Crippen LogP contribution >= 0.6 is 0 Å². The van der Waals surface area contributed by atoms with Gasteiger partial charge in [-0.25, -0.2) is 12.4 Å². The van der Waals surface area contributed by atoms with Crippen molar-refractivity contribution in [3.63, 3.8) is 0 Å². The molecule has 1 unspecified atom stereocenters. The van der Waals surface area contributed by atoms with Crippen molar-refractivity contribution in [2.45, 2.75) is 30.0 Å². The summed E-state index contributed by atoms with van der Waals surface area (Å²) in [4.78, 5) is -0.110. The molecule has 1 N–H and O–H groups in total. The molecule has 0 aliphatic carbocycles. The molecule has 0 radical (unpaired) electrons. The molecule has 1 atom stereocenters. The number of para-hydroxylation sites is 1. The molecule has 1 aromatic heterocycles. The van der Waals surface area contributed by atoms with Gasteiger partial charge >= 0.3 is 6.36 Å². The maximum absolute atomic E-state index is 13.2. The third-order valence-corrected chi connectivity index (χ3v) is 6.75. The Balaban J connectivity index is 1.75. The molecular formula is C20H19F3N2O3S. The number of fused-ring (bicyclic) bond motifs is 1. The Hall–Kier alpha value is -2.52. The summed E-state index contributed by atoms with van der Waals surface area (Å²) in [7, 11) is -3.98. The van der Waals surface area contributed by atoms with E-state index in [1.807, 2.05) is 12.1 Å². The van der Waals surface area contributed by atoms with Crippen LogP contribution in [0.4, 0.5) is 13.2 Å². The van der Waals surface area contributed by atoms with E-state index in [1.165, 1.54) is 3.97 Å². The van der Waals surface area contributed by atoms with Gasteiger partial charge in [0.1, 0.15) is 5.75 Å². The number of benzene rings is 2. The first-order valence-electron chi connectivity index (χ1n) is 9.18. The second-order valence-corrected chi connectivity index (χ2v) is 8.78. The van der Waals surface area contributed by atoms with Crippen LogP contribution in [0.2, 0.25) is 0 Å². The molecule has 2 heterocycles. The Bertz CT molecular complexity index is 1120. The van der Waals surface area contributed by atoms with Crippen molar-refractivity contribution in [2.75, 3.05) is 13.1 Å². The molecule has 0 amide bonds. The van der Waals surface area contributed by atoms with Gasteiger partial charge in [-0.2, -0.15) is 0 Å². The molecule has 0 spiro atoms. The van der Waals surface area contributed by atoms with Gasteiger partial charge in [-0.1, -0.05) is 18.2 Å².